The number of fused-ring (bicyclic) bond motifs is 2. The number of hydrogen-bond donors (Lipinski definition) is 2. The molecule has 0 aliphatic carbocycles. The number of aromatic nitrogens is 3. The number of para-hydroxylation sites is 3. The van der Waals surface area contributed by atoms with Gasteiger partial charge in [0.15, 0.2) is 0 Å². The molecular formula is C24H25N5O. The van der Waals surface area contributed by atoms with Crippen LogP contribution in [0.5, 0.6) is 0 Å². The van der Waals surface area contributed by atoms with Crippen LogP contribution in [0, 0.1) is 5.41 Å². The maximum atomic E-state index is 13.6. The van der Waals surface area contributed by atoms with Crippen molar-refractivity contribution < 1.29 is 4.79 Å². The molecule has 2 aromatic carbocycles. The van der Waals surface area contributed by atoms with Gasteiger partial charge in [0.2, 0.25) is 11.9 Å². The van der Waals surface area contributed by atoms with Gasteiger partial charge >= 0.3 is 0 Å². The number of anilines is 1. The van der Waals surface area contributed by atoms with Crippen LogP contribution >= 0.6 is 0 Å². The summed E-state index contributed by atoms with van der Waals surface area (Å²) in [4.78, 5) is 29.5. The van der Waals surface area contributed by atoms with Gasteiger partial charge < -0.3 is 19.8 Å². The second-order valence-electron chi connectivity index (χ2n) is 8.72. The number of carbonyl (C=O) groups excluding carboxylic acids is 1. The molecule has 4 aromatic rings. The third-order valence-corrected chi connectivity index (χ3v) is 6.89. The van der Waals surface area contributed by atoms with E-state index in [4.69, 9.17) is 4.98 Å². The highest BCUT2D eigenvalue weighted by atomic mass is 16.2. The highest BCUT2D eigenvalue weighted by Crippen LogP contribution is 2.42. The van der Waals surface area contributed by atoms with Crippen LogP contribution in [0.3, 0.4) is 0 Å². The third kappa shape index (κ3) is 2.70. The zero-order valence-corrected chi connectivity index (χ0v) is 16.9. The summed E-state index contributed by atoms with van der Waals surface area (Å²) in [6.45, 7) is 3.13. The highest BCUT2D eigenvalue weighted by Gasteiger charge is 2.48. The molecule has 2 aliphatic heterocycles. The molecule has 1 unspecified atom stereocenters. The van der Waals surface area contributed by atoms with Gasteiger partial charge in [-0.2, -0.15) is 0 Å². The average Bonchev–Trinajstić information content (AvgIpc) is 3.49. The van der Waals surface area contributed by atoms with E-state index < -0.39 is 0 Å². The van der Waals surface area contributed by atoms with E-state index in [0.29, 0.717) is 12.5 Å². The molecule has 0 saturated carbocycles. The number of amides is 1. The largest absolute Gasteiger partial charge is 0.361 e. The average molecular weight is 399 g/mol. The Morgan fingerprint density at radius 2 is 1.83 bits per heavy atom. The second kappa shape index (κ2) is 6.62. The van der Waals surface area contributed by atoms with Crippen LogP contribution in [0.2, 0.25) is 0 Å². The number of nitrogens with zero attached hydrogens (tertiary/aromatic N) is 3. The van der Waals surface area contributed by atoms with Crippen molar-refractivity contribution in [2.24, 2.45) is 5.41 Å². The van der Waals surface area contributed by atoms with Crippen molar-refractivity contribution in [3.63, 3.8) is 0 Å². The predicted octanol–water partition coefficient (Wildman–Crippen LogP) is 4.06. The number of rotatable bonds is 3. The molecule has 1 atom stereocenters. The Kier molecular flexibility index (Phi) is 3.88. The third-order valence-electron chi connectivity index (χ3n) is 6.89. The molecule has 6 nitrogen and oxygen atoms in total. The number of hydrogen-bond acceptors (Lipinski definition) is 3. The summed E-state index contributed by atoms with van der Waals surface area (Å²) in [6, 6.07) is 16.4. The number of aromatic amines is 2. The van der Waals surface area contributed by atoms with Crippen molar-refractivity contribution in [2.75, 3.05) is 24.5 Å². The Hall–Kier alpha value is -3.28. The molecule has 2 fully saturated rings. The summed E-state index contributed by atoms with van der Waals surface area (Å²) < 4.78 is 0. The van der Waals surface area contributed by atoms with Crippen molar-refractivity contribution in [3.8, 4) is 0 Å². The van der Waals surface area contributed by atoms with Gasteiger partial charge in [-0.3, -0.25) is 4.79 Å². The van der Waals surface area contributed by atoms with Gasteiger partial charge in [0.05, 0.1) is 16.4 Å². The first kappa shape index (κ1) is 17.6. The fraction of sp³-hybridized carbons (Fsp3) is 0.333. The summed E-state index contributed by atoms with van der Waals surface area (Å²) in [5.74, 6) is 1.19. The van der Waals surface area contributed by atoms with E-state index in [9.17, 15) is 4.79 Å². The molecule has 30 heavy (non-hydrogen) atoms. The van der Waals surface area contributed by atoms with E-state index in [1.165, 1.54) is 10.9 Å². The predicted molar refractivity (Wildman–Crippen MR) is 118 cm³/mol. The molecular weight excluding hydrogens is 374 g/mol. The maximum Gasteiger partial charge on any atom is 0.230 e. The molecule has 2 aliphatic rings. The number of H-pyrrole nitrogens is 2. The van der Waals surface area contributed by atoms with Crippen molar-refractivity contribution in [3.05, 3.63) is 60.3 Å². The summed E-state index contributed by atoms with van der Waals surface area (Å²) in [5.41, 5.74) is 4.06. The monoisotopic (exact) mass is 399 g/mol. The van der Waals surface area contributed by atoms with E-state index in [1.807, 2.05) is 30.3 Å². The molecule has 2 N–H and O–H groups in total. The first-order valence-corrected chi connectivity index (χ1v) is 10.8. The molecule has 1 amide bonds. The number of imidazole rings is 1. The van der Waals surface area contributed by atoms with Crippen LogP contribution in [-0.2, 0) is 11.3 Å². The highest BCUT2D eigenvalue weighted by molar-refractivity contribution is 5.87. The fourth-order valence-corrected chi connectivity index (χ4v) is 5.29. The number of benzene rings is 2. The van der Waals surface area contributed by atoms with Gasteiger partial charge in [-0.25, -0.2) is 4.98 Å². The molecule has 152 valence electrons. The molecule has 0 radical (unpaired) electrons. The van der Waals surface area contributed by atoms with Gasteiger partial charge in [-0.15, -0.1) is 0 Å². The fourth-order valence-electron chi connectivity index (χ4n) is 5.29. The van der Waals surface area contributed by atoms with Crippen molar-refractivity contribution in [1.82, 2.24) is 19.9 Å². The van der Waals surface area contributed by atoms with Crippen LogP contribution < -0.4 is 4.90 Å². The topological polar surface area (TPSA) is 68.0 Å². The van der Waals surface area contributed by atoms with Crippen LogP contribution in [-0.4, -0.2) is 45.4 Å². The maximum absolute atomic E-state index is 13.6. The number of piperidine rings is 1. The van der Waals surface area contributed by atoms with Crippen molar-refractivity contribution in [2.45, 2.75) is 25.8 Å². The van der Waals surface area contributed by atoms with Gasteiger partial charge in [-0.1, -0.05) is 30.3 Å². The number of nitrogens with one attached hydrogen (secondary N) is 2. The minimum absolute atomic E-state index is 0.288. The van der Waals surface area contributed by atoms with Crippen LogP contribution in [0.25, 0.3) is 21.9 Å². The molecule has 4 heterocycles. The Morgan fingerprint density at radius 1 is 1.00 bits per heavy atom. The lowest BCUT2D eigenvalue weighted by Crippen LogP contribution is -2.49. The van der Waals surface area contributed by atoms with Crippen LogP contribution in [0.15, 0.2) is 54.7 Å². The van der Waals surface area contributed by atoms with Gasteiger partial charge in [0, 0.05) is 43.3 Å². The van der Waals surface area contributed by atoms with Gasteiger partial charge in [0.1, 0.15) is 0 Å². The molecule has 6 rings (SSSR count). The Bertz CT molecular complexity index is 1210. The Morgan fingerprint density at radius 3 is 2.73 bits per heavy atom. The second-order valence-corrected chi connectivity index (χ2v) is 8.72. The summed E-state index contributed by atoms with van der Waals surface area (Å²) in [6.07, 6.45) is 4.97. The zero-order valence-electron chi connectivity index (χ0n) is 16.9. The summed E-state index contributed by atoms with van der Waals surface area (Å²) >= 11 is 0. The van der Waals surface area contributed by atoms with Crippen LogP contribution in [0.1, 0.15) is 24.8 Å². The minimum Gasteiger partial charge on any atom is -0.361 e. The molecule has 6 heteroatoms. The van der Waals surface area contributed by atoms with Gasteiger partial charge in [0.25, 0.3) is 0 Å². The Balaban J connectivity index is 1.24. The standard InChI is InChI=1S/C24H25N5O/c30-22-24(11-13-29(16-24)23-26-20-8-3-4-9-21(20)27-23)10-5-12-28(22)15-17-14-25-19-7-2-1-6-18(17)19/h1-4,6-9,14,25H,5,10-13,15-16H2,(H,26,27). The Labute approximate surface area is 174 Å². The minimum atomic E-state index is -0.288. The smallest absolute Gasteiger partial charge is 0.230 e. The zero-order chi connectivity index (χ0) is 20.1. The number of carbonyl (C=O) groups is 1. The SMILES string of the molecule is O=C1N(Cc2c[nH]c3ccccc23)CCCC12CCN(c1nc3ccccc3[nH]1)C2. The van der Waals surface area contributed by atoms with Crippen molar-refractivity contribution >= 4 is 33.8 Å². The first-order chi connectivity index (χ1) is 14.7. The summed E-state index contributed by atoms with van der Waals surface area (Å²) in [5, 5.41) is 1.21. The quantitative estimate of drug-likeness (QED) is 0.546. The van der Waals surface area contributed by atoms with E-state index in [2.05, 4.69) is 44.2 Å². The normalized spacial score (nSPS) is 22.1. The molecule has 2 aromatic heterocycles. The molecule has 2 saturated heterocycles. The summed E-state index contributed by atoms with van der Waals surface area (Å²) in [7, 11) is 0. The lowest BCUT2D eigenvalue weighted by atomic mass is 9.78. The van der Waals surface area contributed by atoms with E-state index in [0.717, 1.165) is 61.4 Å². The molecule has 1 spiro atoms. The van der Waals surface area contributed by atoms with Crippen LogP contribution in [0.4, 0.5) is 5.95 Å². The van der Waals surface area contributed by atoms with Crippen molar-refractivity contribution in [1.29, 1.82) is 0 Å². The molecule has 0 bridgehead atoms. The van der Waals surface area contributed by atoms with Gasteiger partial charge in [-0.05, 0) is 43.0 Å². The van der Waals surface area contributed by atoms with E-state index in [1.54, 1.807) is 0 Å². The first-order valence-electron chi connectivity index (χ1n) is 10.8. The van der Waals surface area contributed by atoms with E-state index >= 15 is 0 Å². The van der Waals surface area contributed by atoms with E-state index in [-0.39, 0.29) is 5.41 Å². The lowest BCUT2D eigenvalue weighted by Gasteiger charge is -2.39. The lowest BCUT2D eigenvalue weighted by molar-refractivity contribution is -0.145. The number of likely N-dealkylation sites (tertiary alicyclic amines) is 1.